The maximum atomic E-state index is 11.4. The predicted molar refractivity (Wildman–Crippen MR) is 63.9 cm³/mol. The van der Waals surface area contributed by atoms with Gasteiger partial charge in [-0.25, -0.2) is 9.52 Å². The summed E-state index contributed by atoms with van der Waals surface area (Å²) in [5.41, 5.74) is 0.488. The summed E-state index contributed by atoms with van der Waals surface area (Å²) in [6.07, 6.45) is 0.582. The molecule has 0 spiro atoms. The largest absolute Gasteiger partial charge is 0.449 e. The highest BCUT2D eigenvalue weighted by molar-refractivity contribution is 7.91. The molecule has 1 radical (unpaired) electrons. The van der Waals surface area contributed by atoms with Gasteiger partial charge in [-0.2, -0.15) is 8.42 Å². The lowest BCUT2D eigenvalue weighted by Gasteiger charge is -2.08. The number of carbonyl (C=O) groups is 1. The van der Waals surface area contributed by atoms with Crippen LogP contribution in [0.25, 0.3) is 0 Å². The van der Waals surface area contributed by atoms with Crippen molar-refractivity contribution in [1.29, 1.82) is 0 Å². The van der Waals surface area contributed by atoms with Crippen LogP contribution in [0.3, 0.4) is 0 Å². The molecule has 0 aliphatic carbocycles. The summed E-state index contributed by atoms with van der Waals surface area (Å²) in [4.78, 5) is 21.2. The van der Waals surface area contributed by atoms with Gasteiger partial charge in [0.1, 0.15) is 0 Å². The third kappa shape index (κ3) is 4.42. The second-order valence-electron chi connectivity index (χ2n) is 3.11. The van der Waals surface area contributed by atoms with Crippen LogP contribution in [-0.2, 0) is 19.7 Å². The van der Waals surface area contributed by atoms with Gasteiger partial charge in [-0.05, 0) is 31.2 Å². The van der Waals surface area contributed by atoms with Crippen LogP contribution in [0.5, 0.6) is 0 Å². The lowest BCUT2D eigenvalue weighted by Crippen LogP contribution is -2.35. The van der Waals surface area contributed by atoms with E-state index in [0.29, 0.717) is 0 Å². The molecule has 0 atom stereocenters. The lowest BCUT2D eigenvalue weighted by molar-refractivity contribution is 0.159. The summed E-state index contributed by atoms with van der Waals surface area (Å²) in [6, 6.07) is 5.50. The van der Waals surface area contributed by atoms with Gasteiger partial charge in [0.15, 0.2) is 0 Å². The highest BCUT2D eigenvalue weighted by Gasteiger charge is 2.14. The first kappa shape index (κ1) is 14.0. The molecule has 1 aromatic rings. The van der Waals surface area contributed by atoms with Crippen molar-refractivity contribution in [2.75, 3.05) is 11.3 Å². The average Bonchev–Trinajstić information content (AvgIpc) is 2.29. The van der Waals surface area contributed by atoms with E-state index in [9.17, 15) is 18.0 Å². The maximum absolute atomic E-state index is 11.4. The number of ether oxygens (including phenoxy) is 1. The molecule has 1 aromatic carbocycles. The summed E-state index contributed by atoms with van der Waals surface area (Å²) in [5, 5.41) is 0. The number of rotatable bonds is 5. The molecule has 18 heavy (non-hydrogen) atoms. The first-order valence-corrected chi connectivity index (χ1v) is 6.40. The van der Waals surface area contributed by atoms with Crippen molar-refractivity contribution in [2.45, 2.75) is 6.92 Å². The van der Waals surface area contributed by atoms with E-state index < -0.39 is 16.3 Å². The van der Waals surface area contributed by atoms with Gasteiger partial charge in [0.25, 0.3) is 0 Å². The van der Waals surface area contributed by atoms with E-state index in [1.165, 1.54) is 24.3 Å². The first-order chi connectivity index (χ1) is 8.46. The van der Waals surface area contributed by atoms with Crippen molar-refractivity contribution >= 4 is 28.3 Å². The van der Waals surface area contributed by atoms with Crippen LogP contribution in [-0.4, -0.2) is 27.4 Å². The van der Waals surface area contributed by atoms with Crippen molar-refractivity contribution in [3.63, 3.8) is 0 Å². The van der Waals surface area contributed by atoms with Crippen molar-refractivity contribution in [2.24, 2.45) is 0 Å². The van der Waals surface area contributed by atoms with E-state index in [2.05, 4.69) is 9.46 Å². The van der Waals surface area contributed by atoms with Crippen LogP contribution in [0.2, 0.25) is 0 Å². The number of benzene rings is 1. The van der Waals surface area contributed by atoms with Gasteiger partial charge in [-0.3, -0.25) is 9.52 Å². The fourth-order valence-electron chi connectivity index (χ4n) is 1.06. The van der Waals surface area contributed by atoms with E-state index >= 15 is 0 Å². The Balaban J connectivity index is 2.69. The van der Waals surface area contributed by atoms with Crippen molar-refractivity contribution in [1.82, 2.24) is 4.72 Å². The third-order valence-corrected chi connectivity index (χ3v) is 2.69. The minimum atomic E-state index is -4.05. The molecular formula is C10H11N2O5S. The van der Waals surface area contributed by atoms with Crippen LogP contribution in [0.4, 0.5) is 10.5 Å². The molecule has 0 aliphatic rings. The van der Waals surface area contributed by atoms with Crippen LogP contribution in [0.15, 0.2) is 24.3 Å². The average molecular weight is 271 g/mol. The zero-order valence-corrected chi connectivity index (χ0v) is 10.3. The Kier molecular flexibility index (Phi) is 4.67. The van der Waals surface area contributed by atoms with Crippen molar-refractivity contribution in [3.05, 3.63) is 29.8 Å². The van der Waals surface area contributed by atoms with E-state index in [1.54, 1.807) is 17.9 Å². The highest BCUT2D eigenvalue weighted by Crippen LogP contribution is 2.09. The zero-order valence-electron chi connectivity index (χ0n) is 9.47. The molecule has 0 bridgehead atoms. The molecule has 1 rings (SSSR count). The van der Waals surface area contributed by atoms with Gasteiger partial charge >= 0.3 is 16.3 Å². The predicted octanol–water partition coefficient (Wildman–Crippen LogP) is 0.547. The van der Waals surface area contributed by atoms with Crippen LogP contribution >= 0.6 is 0 Å². The quantitative estimate of drug-likeness (QED) is 0.814. The van der Waals surface area contributed by atoms with Gasteiger partial charge in [-0.1, -0.05) is 0 Å². The topological polar surface area (TPSA) is 102 Å². The molecule has 7 nitrogen and oxygen atoms in total. The van der Waals surface area contributed by atoms with E-state index in [-0.39, 0.29) is 17.9 Å². The Bertz CT molecular complexity index is 524. The van der Waals surface area contributed by atoms with Gasteiger partial charge in [0.05, 0.1) is 12.3 Å². The standard InChI is InChI=1S/C10H11N2O5S/c1-2-17-10(14)12-18(15,16)11-9-5-3-8(7-13)4-6-9/h3-6,11H,2H2,1H3,(H,12,14). The summed E-state index contributed by atoms with van der Waals surface area (Å²) < 4.78 is 31.1. The number of hydrogen-bond donors (Lipinski definition) is 2. The Hall–Kier alpha value is -2.09. The van der Waals surface area contributed by atoms with Gasteiger partial charge in [0, 0.05) is 5.56 Å². The Morgan fingerprint density at radius 1 is 1.33 bits per heavy atom. The molecule has 0 saturated carbocycles. The van der Waals surface area contributed by atoms with Gasteiger partial charge in [0.2, 0.25) is 6.29 Å². The number of carbonyl (C=O) groups excluding carboxylic acids is 2. The van der Waals surface area contributed by atoms with E-state index in [1.807, 2.05) is 0 Å². The fourth-order valence-corrected chi connectivity index (χ4v) is 1.83. The molecule has 0 heterocycles. The van der Waals surface area contributed by atoms with Crippen LogP contribution < -0.4 is 9.44 Å². The van der Waals surface area contributed by atoms with Crippen LogP contribution in [0, 0.1) is 0 Å². The summed E-state index contributed by atoms with van der Waals surface area (Å²) in [5.74, 6) is 0. The Labute approximate surface area is 104 Å². The summed E-state index contributed by atoms with van der Waals surface area (Å²) in [6.45, 7) is 1.61. The molecule has 1 amide bonds. The fraction of sp³-hybridized carbons (Fsp3) is 0.200. The Morgan fingerprint density at radius 2 is 1.94 bits per heavy atom. The third-order valence-electron chi connectivity index (χ3n) is 1.75. The van der Waals surface area contributed by atoms with Crippen LogP contribution in [0.1, 0.15) is 12.5 Å². The second kappa shape index (κ2) is 6.01. The molecule has 2 N–H and O–H groups in total. The highest BCUT2D eigenvalue weighted by atomic mass is 32.2. The minimum absolute atomic E-state index is 0.0607. The van der Waals surface area contributed by atoms with E-state index in [0.717, 1.165) is 0 Å². The molecule has 0 fully saturated rings. The number of anilines is 1. The number of hydrogen-bond acceptors (Lipinski definition) is 5. The molecule has 0 aromatic heterocycles. The minimum Gasteiger partial charge on any atom is -0.449 e. The normalized spacial score (nSPS) is 10.5. The number of amides is 1. The second-order valence-corrected chi connectivity index (χ2v) is 4.52. The molecule has 0 unspecified atom stereocenters. The molecule has 8 heteroatoms. The molecule has 0 aliphatic heterocycles. The molecular weight excluding hydrogens is 260 g/mol. The van der Waals surface area contributed by atoms with Gasteiger partial charge < -0.3 is 4.74 Å². The summed E-state index contributed by atoms with van der Waals surface area (Å²) >= 11 is 0. The SMILES string of the molecule is CCOC(=O)NS(=O)(=O)Nc1ccc([C]=O)cc1. The summed E-state index contributed by atoms with van der Waals surface area (Å²) in [7, 11) is -4.05. The molecule has 0 saturated heterocycles. The zero-order chi connectivity index (χ0) is 13.6. The Morgan fingerprint density at radius 3 is 2.44 bits per heavy atom. The first-order valence-electron chi connectivity index (χ1n) is 4.92. The van der Waals surface area contributed by atoms with Crippen molar-refractivity contribution in [3.8, 4) is 0 Å². The van der Waals surface area contributed by atoms with Crippen molar-refractivity contribution < 1.29 is 22.7 Å². The van der Waals surface area contributed by atoms with Gasteiger partial charge in [-0.15, -0.1) is 0 Å². The van der Waals surface area contributed by atoms with E-state index in [4.69, 9.17) is 0 Å². The maximum Gasteiger partial charge on any atom is 0.422 e. The molecule has 97 valence electrons. The lowest BCUT2D eigenvalue weighted by atomic mass is 10.2. The smallest absolute Gasteiger partial charge is 0.422 e. The monoisotopic (exact) mass is 271 g/mol. The number of nitrogens with one attached hydrogen (secondary N) is 2.